The fourth-order valence-electron chi connectivity index (χ4n) is 1.43. The molecule has 0 heterocycles. The third kappa shape index (κ3) is 2.07. The van der Waals surface area contributed by atoms with Crippen LogP contribution in [0.1, 0.15) is 12.8 Å². The van der Waals surface area contributed by atoms with Crippen LogP contribution in [-0.2, 0) is 0 Å². The van der Waals surface area contributed by atoms with Gasteiger partial charge in [-0.05, 0) is 0 Å². The minimum atomic E-state index is -4.65. The molecular formula is C6H11ClF3NO2. The fourth-order valence-corrected chi connectivity index (χ4v) is 1.43. The quantitative estimate of drug-likeness (QED) is 0.592. The van der Waals surface area contributed by atoms with Gasteiger partial charge in [0.05, 0.1) is 6.61 Å². The van der Waals surface area contributed by atoms with Crippen LogP contribution in [0.5, 0.6) is 0 Å². The molecule has 4 N–H and O–H groups in total. The number of nitrogens with two attached hydrogens (primary N) is 1. The predicted octanol–water partition coefficient (Wildman–Crippen LogP) is 0.185. The lowest BCUT2D eigenvalue weighted by atomic mass is 9.65. The topological polar surface area (TPSA) is 66.5 Å². The van der Waals surface area contributed by atoms with Gasteiger partial charge in [-0.3, -0.25) is 0 Å². The van der Waals surface area contributed by atoms with Crippen LogP contribution in [0.3, 0.4) is 0 Å². The van der Waals surface area contributed by atoms with Crippen LogP contribution in [0.15, 0.2) is 0 Å². The smallest absolute Gasteiger partial charge is 0.394 e. The number of hydrogen-bond donors (Lipinski definition) is 3. The maximum Gasteiger partial charge on any atom is 0.417 e. The second-order valence-corrected chi connectivity index (χ2v) is 3.40. The Morgan fingerprint density at radius 2 is 1.69 bits per heavy atom. The summed E-state index contributed by atoms with van der Waals surface area (Å²) in [5.74, 6) is 0. The van der Waals surface area contributed by atoms with Crippen molar-refractivity contribution in [1.29, 1.82) is 0 Å². The molecule has 0 radical (unpaired) electrons. The van der Waals surface area contributed by atoms with Gasteiger partial charge >= 0.3 is 6.18 Å². The second kappa shape index (κ2) is 3.27. The minimum absolute atomic E-state index is 0. The van der Waals surface area contributed by atoms with Crippen molar-refractivity contribution in [2.24, 2.45) is 5.73 Å². The molecular weight excluding hydrogens is 211 g/mol. The minimum Gasteiger partial charge on any atom is -0.394 e. The molecule has 0 saturated heterocycles. The van der Waals surface area contributed by atoms with Gasteiger partial charge in [0.15, 0.2) is 5.60 Å². The van der Waals surface area contributed by atoms with Gasteiger partial charge in [-0.2, -0.15) is 13.2 Å². The molecule has 0 amide bonds. The molecule has 1 saturated carbocycles. The Labute approximate surface area is 79.1 Å². The van der Waals surface area contributed by atoms with Gasteiger partial charge in [-0.1, -0.05) is 0 Å². The summed E-state index contributed by atoms with van der Waals surface area (Å²) >= 11 is 0. The van der Waals surface area contributed by atoms with Crippen molar-refractivity contribution in [2.75, 3.05) is 6.61 Å². The van der Waals surface area contributed by atoms with Crippen molar-refractivity contribution in [2.45, 2.75) is 30.2 Å². The van der Waals surface area contributed by atoms with Crippen LogP contribution >= 0.6 is 12.4 Å². The molecule has 1 aliphatic rings. The molecule has 0 aromatic rings. The van der Waals surface area contributed by atoms with Crippen molar-refractivity contribution >= 4 is 12.4 Å². The summed E-state index contributed by atoms with van der Waals surface area (Å²) in [6, 6.07) is 0. The normalized spacial score (nSPS) is 39.2. The molecule has 0 aromatic carbocycles. The highest BCUT2D eigenvalue weighted by Gasteiger charge is 2.65. The molecule has 3 nitrogen and oxygen atoms in total. The summed E-state index contributed by atoms with van der Waals surface area (Å²) in [5, 5.41) is 17.4. The van der Waals surface area contributed by atoms with E-state index in [0.29, 0.717) is 0 Å². The average Bonchev–Trinajstić information content (AvgIpc) is 1.82. The standard InChI is InChI=1S/C6H10F3NO2.ClH/c7-6(8,9)5(12)1-4(10,2-5)3-11;/h11-12H,1-3,10H2;1H. The monoisotopic (exact) mass is 221 g/mol. The number of aliphatic hydroxyl groups excluding tert-OH is 1. The summed E-state index contributed by atoms with van der Waals surface area (Å²) in [6.45, 7) is -0.536. The van der Waals surface area contributed by atoms with Gasteiger partial charge in [-0.15, -0.1) is 12.4 Å². The molecule has 0 aliphatic heterocycles. The van der Waals surface area contributed by atoms with E-state index in [1.54, 1.807) is 0 Å². The van der Waals surface area contributed by atoms with Gasteiger partial charge in [0.25, 0.3) is 0 Å². The zero-order valence-electron chi connectivity index (χ0n) is 6.64. The molecule has 80 valence electrons. The third-order valence-electron chi connectivity index (χ3n) is 2.13. The molecule has 0 unspecified atom stereocenters. The first-order chi connectivity index (χ1) is 5.22. The molecule has 0 atom stereocenters. The number of aliphatic hydroxyl groups is 2. The van der Waals surface area contributed by atoms with Crippen molar-refractivity contribution in [3.8, 4) is 0 Å². The summed E-state index contributed by atoms with van der Waals surface area (Å²) < 4.78 is 35.9. The maximum absolute atomic E-state index is 12.0. The first-order valence-electron chi connectivity index (χ1n) is 3.41. The highest BCUT2D eigenvalue weighted by atomic mass is 35.5. The lowest BCUT2D eigenvalue weighted by molar-refractivity contribution is -0.304. The summed E-state index contributed by atoms with van der Waals surface area (Å²) in [7, 11) is 0. The number of rotatable bonds is 1. The fraction of sp³-hybridized carbons (Fsp3) is 1.00. The Hall–Kier alpha value is -0.0400. The highest BCUT2D eigenvalue weighted by molar-refractivity contribution is 5.85. The summed E-state index contributed by atoms with van der Waals surface area (Å²) in [6.07, 6.45) is -5.90. The second-order valence-electron chi connectivity index (χ2n) is 3.40. The lowest BCUT2D eigenvalue weighted by Crippen LogP contribution is -2.69. The molecule has 1 fully saturated rings. The van der Waals surface area contributed by atoms with E-state index in [1.807, 2.05) is 0 Å². The number of alkyl halides is 3. The maximum atomic E-state index is 12.0. The molecule has 1 rings (SSSR count). The van der Waals surface area contributed by atoms with Crippen LogP contribution in [0.4, 0.5) is 13.2 Å². The van der Waals surface area contributed by atoms with Crippen molar-refractivity contribution < 1.29 is 23.4 Å². The van der Waals surface area contributed by atoms with Crippen LogP contribution in [-0.4, -0.2) is 34.1 Å². The van der Waals surface area contributed by atoms with Crippen LogP contribution in [0.2, 0.25) is 0 Å². The first kappa shape index (κ1) is 13.0. The molecule has 7 heteroatoms. The molecule has 1 aliphatic carbocycles. The zero-order valence-corrected chi connectivity index (χ0v) is 7.45. The van der Waals surface area contributed by atoms with E-state index in [2.05, 4.69) is 0 Å². The average molecular weight is 222 g/mol. The van der Waals surface area contributed by atoms with E-state index in [4.69, 9.17) is 15.9 Å². The van der Waals surface area contributed by atoms with Gasteiger partial charge in [-0.25, -0.2) is 0 Å². The van der Waals surface area contributed by atoms with Crippen LogP contribution < -0.4 is 5.73 Å². The first-order valence-corrected chi connectivity index (χ1v) is 3.41. The Morgan fingerprint density at radius 3 is 1.92 bits per heavy atom. The number of hydrogen-bond acceptors (Lipinski definition) is 3. The van der Waals surface area contributed by atoms with Gasteiger partial charge < -0.3 is 15.9 Å². The number of halogens is 4. The van der Waals surface area contributed by atoms with E-state index in [1.165, 1.54) is 0 Å². The Morgan fingerprint density at radius 1 is 1.31 bits per heavy atom. The van der Waals surface area contributed by atoms with E-state index < -0.39 is 36.8 Å². The van der Waals surface area contributed by atoms with Crippen LogP contribution in [0, 0.1) is 0 Å². The Bertz CT molecular complexity index is 191. The summed E-state index contributed by atoms with van der Waals surface area (Å²) in [4.78, 5) is 0. The van der Waals surface area contributed by atoms with Crippen molar-refractivity contribution in [3.05, 3.63) is 0 Å². The van der Waals surface area contributed by atoms with Crippen molar-refractivity contribution in [3.63, 3.8) is 0 Å². The largest absolute Gasteiger partial charge is 0.417 e. The van der Waals surface area contributed by atoms with E-state index in [9.17, 15) is 13.2 Å². The third-order valence-corrected chi connectivity index (χ3v) is 2.13. The SMILES string of the molecule is Cl.NC1(CO)CC(O)(C(F)(F)F)C1. The zero-order chi connectivity index (χ0) is 9.62. The Balaban J connectivity index is 0.00000144. The van der Waals surface area contributed by atoms with Crippen molar-refractivity contribution in [1.82, 2.24) is 0 Å². The highest BCUT2D eigenvalue weighted by Crippen LogP contribution is 2.49. The summed E-state index contributed by atoms with van der Waals surface area (Å²) in [5.41, 5.74) is 1.31. The van der Waals surface area contributed by atoms with Gasteiger partial charge in [0, 0.05) is 18.4 Å². The van der Waals surface area contributed by atoms with E-state index in [0.717, 1.165) is 0 Å². The van der Waals surface area contributed by atoms with Crippen LogP contribution in [0.25, 0.3) is 0 Å². The van der Waals surface area contributed by atoms with E-state index >= 15 is 0 Å². The predicted molar refractivity (Wildman–Crippen MR) is 41.5 cm³/mol. The Kier molecular flexibility index (Phi) is 3.26. The van der Waals surface area contributed by atoms with Gasteiger partial charge in [0.2, 0.25) is 0 Å². The lowest BCUT2D eigenvalue weighted by Gasteiger charge is -2.50. The van der Waals surface area contributed by atoms with E-state index in [-0.39, 0.29) is 12.4 Å². The molecule has 0 aromatic heterocycles. The molecule has 13 heavy (non-hydrogen) atoms. The van der Waals surface area contributed by atoms with Gasteiger partial charge in [0.1, 0.15) is 0 Å². The molecule has 0 bridgehead atoms. The molecule has 0 spiro atoms.